The third-order valence-corrected chi connectivity index (χ3v) is 3.49. The van der Waals surface area contributed by atoms with Crippen molar-refractivity contribution in [1.29, 1.82) is 0 Å². The van der Waals surface area contributed by atoms with E-state index in [0.29, 0.717) is 23.7 Å². The summed E-state index contributed by atoms with van der Waals surface area (Å²) in [7, 11) is 0. The normalized spacial score (nSPS) is 16.9. The van der Waals surface area contributed by atoms with Crippen LogP contribution in [0.5, 0.6) is 0 Å². The minimum Gasteiger partial charge on any atom is -0.310 e. The van der Waals surface area contributed by atoms with Crippen molar-refractivity contribution < 1.29 is 4.79 Å². The molecule has 1 aliphatic rings. The third-order valence-electron chi connectivity index (χ3n) is 3.49. The number of amides is 1. The Hall–Kier alpha value is -1.98. The van der Waals surface area contributed by atoms with Gasteiger partial charge in [0.05, 0.1) is 6.20 Å². The Balaban J connectivity index is 1.97. The second kappa shape index (κ2) is 4.72. The van der Waals surface area contributed by atoms with Crippen LogP contribution in [-0.4, -0.2) is 26.6 Å². The van der Waals surface area contributed by atoms with Gasteiger partial charge in [0.15, 0.2) is 5.82 Å². The Morgan fingerprint density at radius 3 is 2.94 bits per heavy atom. The van der Waals surface area contributed by atoms with Gasteiger partial charge < -0.3 is 5.32 Å². The summed E-state index contributed by atoms with van der Waals surface area (Å²) in [5, 5.41) is 9.36. The molecule has 94 valence electrons. The predicted octanol–water partition coefficient (Wildman–Crippen LogP) is 1.97. The van der Waals surface area contributed by atoms with Crippen LogP contribution >= 0.6 is 0 Å². The Morgan fingerprint density at radius 2 is 2.17 bits per heavy atom. The minimum absolute atomic E-state index is 0.446. The van der Waals surface area contributed by atoms with Crippen molar-refractivity contribution in [2.45, 2.75) is 38.0 Å². The molecule has 2 aromatic rings. The summed E-state index contributed by atoms with van der Waals surface area (Å²) >= 11 is 0. The number of hydrogen-bond acceptors (Lipinski definition) is 4. The number of H-pyrrole nitrogens is 1. The highest BCUT2D eigenvalue weighted by Gasteiger charge is 2.19. The number of nitrogens with zero attached hydrogens (tertiary/aromatic N) is 3. The molecule has 1 aliphatic carbocycles. The largest absolute Gasteiger partial charge is 0.310 e. The van der Waals surface area contributed by atoms with Crippen molar-refractivity contribution >= 4 is 23.3 Å². The molecule has 1 amide bonds. The summed E-state index contributed by atoms with van der Waals surface area (Å²) < 4.78 is 0. The van der Waals surface area contributed by atoms with Crippen molar-refractivity contribution in [3.8, 4) is 0 Å². The van der Waals surface area contributed by atoms with Crippen molar-refractivity contribution in [2.24, 2.45) is 0 Å². The van der Waals surface area contributed by atoms with Crippen molar-refractivity contribution in [3.05, 3.63) is 12.0 Å². The molecule has 2 aromatic heterocycles. The van der Waals surface area contributed by atoms with Gasteiger partial charge in [-0.25, -0.2) is 9.97 Å². The lowest BCUT2D eigenvalue weighted by Gasteiger charge is -2.19. The van der Waals surface area contributed by atoms with Crippen molar-refractivity contribution in [2.75, 3.05) is 5.32 Å². The third kappa shape index (κ3) is 1.94. The Kier molecular flexibility index (Phi) is 2.92. The lowest BCUT2D eigenvalue weighted by atomic mass is 9.89. The van der Waals surface area contributed by atoms with Gasteiger partial charge in [0.25, 0.3) is 0 Å². The molecule has 2 heterocycles. The molecule has 0 spiro atoms. The van der Waals surface area contributed by atoms with E-state index in [2.05, 4.69) is 25.5 Å². The monoisotopic (exact) mass is 245 g/mol. The standard InChI is InChI=1S/C12H15N5O/c18-7-14-12-10-9(16-17-12)6-13-11(15-10)8-4-2-1-3-5-8/h6-8H,1-5H2,(H2,14,16,17,18). The van der Waals surface area contributed by atoms with Crippen LogP contribution in [0, 0.1) is 0 Å². The average Bonchev–Trinajstić information content (AvgIpc) is 2.83. The van der Waals surface area contributed by atoms with Gasteiger partial charge in [0.2, 0.25) is 6.41 Å². The number of nitrogens with one attached hydrogen (secondary N) is 2. The molecule has 18 heavy (non-hydrogen) atoms. The summed E-state index contributed by atoms with van der Waals surface area (Å²) in [6.07, 6.45) is 8.46. The smallest absolute Gasteiger partial charge is 0.212 e. The van der Waals surface area contributed by atoms with E-state index in [1.165, 1.54) is 19.3 Å². The van der Waals surface area contributed by atoms with Gasteiger partial charge in [-0.15, -0.1) is 0 Å². The number of carbonyl (C=O) groups excluding carboxylic acids is 1. The Morgan fingerprint density at radius 1 is 1.33 bits per heavy atom. The first-order valence-corrected chi connectivity index (χ1v) is 6.29. The molecule has 0 radical (unpaired) electrons. The average molecular weight is 245 g/mol. The molecule has 1 saturated carbocycles. The zero-order valence-electron chi connectivity index (χ0n) is 10.0. The van der Waals surface area contributed by atoms with Crippen LogP contribution in [0.25, 0.3) is 11.0 Å². The topological polar surface area (TPSA) is 83.6 Å². The second-order valence-electron chi connectivity index (χ2n) is 4.66. The number of anilines is 1. The maximum Gasteiger partial charge on any atom is 0.212 e. The first-order chi connectivity index (χ1) is 8.88. The maximum absolute atomic E-state index is 10.5. The van der Waals surface area contributed by atoms with E-state index in [-0.39, 0.29) is 0 Å². The lowest BCUT2D eigenvalue weighted by Crippen LogP contribution is -2.08. The molecule has 1 fully saturated rings. The summed E-state index contributed by atoms with van der Waals surface area (Å²) in [4.78, 5) is 19.5. The molecule has 6 heteroatoms. The van der Waals surface area contributed by atoms with Gasteiger partial charge in [-0.3, -0.25) is 9.89 Å². The van der Waals surface area contributed by atoms with Gasteiger partial charge in [-0.2, -0.15) is 5.10 Å². The molecular weight excluding hydrogens is 230 g/mol. The molecule has 0 bridgehead atoms. The summed E-state index contributed by atoms with van der Waals surface area (Å²) in [5.41, 5.74) is 1.44. The van der Waals surface area contributed by atoms with Crippen molar-refractivity contribution in [1.82, 2.24) is 20.2 Å². The maximum atomic E-state index is 10.5. The highest BCUT2D eigenvalue weighted by molar-refractivity contribution is 5.89. The number of aromatic nitrogens is 4. The highest BCUT2D eigenvalue weighted by atomic mass is 16.1. The molecule has 3 rings (SSSR count). The quantitative estimate of drug-likeness (QED) is 0.810. The van der Waals surface area contributed by atoms with E-state index in [0.717, 1.165) is 24.2 Å². The molecule has 6 nitrogen and oxygen atoms in total. The van der Waals surface area contributed by atoms with Crippen LogP contribution in [0.1, 0.15) is 43.8 Å². The van der Waals surface area contributed by atoms with Gasteiger partial charge in [-0.1, -0.05) is 19.3 Å². The number of rotatable bonds is 3. The zero-order chi connectivity index (χ0) is 12.4. The highest BCUT2D eigenvalue weighted by Crippen LogP contribution is 2.31. The fraction of sp³-hybridized carbons (Fsp3) is 0.500. The summed E-state index contributed by atoms with van der Waals surface area (Å²) in [6.45, 7) is 0. The second-order valence-corrected chi connectivity index (χ2v) is 4.66. The van der Waals surface area contributed by atoms with Crippen LogP contribution in [0.15, 0.2) is 6.20 Å². The minimum atomic E-state index is 0.446. The van der Waals surface area contributed by atoms with Crippen LogP contribution in [0.2, 0.25) is 0 Å². The van der Waals surface area contributed by atoms with E-state index < -0.39 is 0 Å². The fourth-order valence-electron chi connectivity index (χ4n) is 2.54. The lowest BCUT2D eigenvalue weighted by molar-refractivity contribution is -0.105. The van der Waals surface area contributed by atoms with E-state index in [4.69, 9.17) is 0 Å². The molecule has 0 unspecified atom stereocenters. The SMILES string of the molecule is O=CNc1n[nH]c2cnc(C3CCCCC3)nc12. The molecule has 2 N–H and O–H groups in total. The molecule has 0 atom stereocenters. The van der Waals surface area contributed by atoms with Crippen molar-refractivity contribution in [3.63, 3.8) is 0 Å². The van der Waals surface area contributed by atoms with Gasteiger partial charge in [-0.05, 0) is 12.8 Å². The van der Waals surface area contributed by atoms with Gasteiger partial charge in [0.1, 0.15) is 16.9 Å². The summed E-state index contributed by atoms with van der Waals surface area (Å²) in [6, 6.07) is 0. The van der Waals surface area contributed by atoms with Gasteiger partial charge in [0, 0.05) is 5.92 Å². The van der Waals surface area contributed by atoms with Crippen LogP contribution < -0.4 is 5.32 Å². The zero-order valence-corrected chi connectivity index (χ0v) is 10.0. The number of carbonyl (C=O) groups is 1. The molecular formula is C12H15N5O. The Bertz CT molecular complexity index is 559. The Labute approximate surface area is 104 Å². The fourth-order valence-corrected chi connectivity index (χ4v) is 2.54. The number of hydrogen-bond donors (Lipinski definition) is 2. The molecule has 0 aromatic carbocycles. The van der Waals surface area contributed by atoms with E-state index >= 15 is 0 Å². The van der Waals surface area contributed by atoms with E-state index in [1.807, 2.05) is 0 Å². The van der Waals surface area contributed by atoms with E-state index in [1.54, 1.807) is 6.20 Å². The summed E-state index contributed by atoms with van der Waals surface area (Å²) in [5.74, 6) is 1.79. The van der Waals surface area contributed by atoms with Crippen LogP contribution in [0.3, 0.4) is 0 Å². The molecule has 0 aliphatic heterocycles. The van der Waals surface area contributed by atoms with E-state index in [9.17, 15) is 4.79 Å². The predicted molar refractivity (Wildman–Crippen MR) is 67.2 cm³/mol. The number of fused-ring (bicyclic) bond motifs is 1. The van der Waals surface area contributed by atoms with Gasteiger partial charge >= 0.3 is 0 Å². The first-order valence-electron chi connectivity index (χ1n) is 6.29. The van der Waals surface area contributed by atoms with Crippen LogP contribution in [0.4, 0.5) is 5.82 Å². The molecule has 0 saturated heterocycles. The first kappa shape index (κ1) is 11.1. The number of aromatic amines is 1. The van der Waals surface area contributed by atoms with Crippen LogP contribution in [-0.2, 0) is 4.79 Å².